The van der Waals surface area contributed by atoms with E-state index in [1.54, 1.807) is 25.2 Å². The highest BCUT2D eigenvalue weighted by atomic mass is 32.2. The van der Waals surface area contributed by atoms with Gasteiger partial charge in [0.2, 0.25) is 10.0 Å². The highest BCUT2D eigenvalue weighted by Gasteiger charge is 2.30. The Bertz CT molecular complexity index is 306. The maximum atomic E-state index is 12.0. The van der Waals surface area contributed by atoms with E-state index >= 15 is 0 Å². The Kier molecular flexibility index (Phi) is 4.76. The monoisotopic (exact) mass is 248 g/mol. The third-order valence-electron chi connectivity index (χ3n) is 3.52. The first-order valence-electron chi connectivity index (χ1n) is 6.08. The van der Waals surface area contributed by atoms with Crippen LogP contribution < -0.4 is 0 Å². The van der Waals surface area contributed by atoms with Gasteiger partial charge in [-0.25, -0.2) is 12.7 Å². The first kappa shape index (κ1) is 13.9. The molecule has 1 aliphatic rings. The molecule has 5 heteroatoms. The fraction of sp³-hybridized carbons (Fsp3) is 1.00. The molecule has 0 radical (unpaired) electrons. The predicted molar refractivity (Wildman–Crippen MR) is 67.0 cm³/mol. The molecule has 1 saturated heterocycles. The van der Waals surface area contributed by atoms with Crippen molar-refractivity contribution in [1.82, 2.24) is 9.21 Å². The number of nitrogens with zero attached hydrogens (tertiary/aromatic N) is 2. The average molecular weight is 248 g/mol. The van der Waals surface area contributed by atoms with Crippen molar-refractivity contribution in [1.29, 1.82) is 0 Å². The van der Waals surface area contributed by atoms with Gasteiger partial charge in [0.25, 0.3) is 0 Å². The summed E-state index contributed by atoms with van der Waals surface area (Å²) in [6.07, 6.45) is 1.91. The highest BCUT2D eigenvalue weighted by molar-refractivity contribution is 7.89. The Balaban J connectivity index is 2.60. The Labute approximate surface area is 99.7 Å². The van der Waals surface area contributed by atoms with Crippen molar-refractivity contribution >= 4 is 10.0 Å². The van der Waals surface area contributed by atoms with Gasteiger partial charge in [0.15, 0.2) is 0 Å². The lowest BCUT2D eigenvalue weighted by Crippen LogP contribution is -2.47. The number of rotatable bonds is 4. The van der Waals surface area contributed by atoms with Crippen LogP contribution in [0.15, 0.2) is 0 Å². The van der Waals surface area contributed by atoms with Crippen molar-refractivity contribution < 1.29 is 8.42 Å². The second-order valence-electron chi connectivity index (χ2n) is 4.78. The molecule has 16 heavy (non-hydrogen) atoms. The second kappa shape index (κ2) is 5.47. The molecule has 0 aliphatic carbocycles. The molecule has 96 valence electrons. The van der Waals surface area contributed by atoms with Crippen molar-refractivity contribution in [2.24, 2.45) is 0 Å². The molecule has 0 amide bonds. The van der Waals surface area contributed by atoms with E-state index in [2.05, 4.69) is 11.8 Å². The molecule has 0 N–H and O–H groups in total. The third-order valence-corrected chi connectivity index (χ3v) is 5.81. The van der Waals surface area contributed by atoms with Crippen LogP contribution in [0.1, 0.15) is 33.6 Å². The SMILES string of the molecule is CCN1CCC(N(C)S(=O)(=O)C(C)C)CC1. The molecule has 1 heterocycles. The smallest absolute Gasteiger partial charge is 0.216 e. The first-order valence-corrected chi connectivity index (χ1v) is 7.59. The average Bonchev–Trinajstić information content (AvgIpc) is 2.28. The van der Waals surface area contributed by atoms with Crippen LogP contribution in [0.5, 0.6) is 0 Å². The van der Waals surface area contributed by atoms with Gasteiger partial charge in [0.1, 0.15) is 0 Å². The van der Waals surface area contributed by atoms with Crippen LogP contribution in [0, 0.1) is 0 Å². The Morgan fingerprint density at radius 2 is 1.81 bits per heavy atom. The summed E-state index contributed by atoms with van der Waals surface area (Å²) in [5.41, 5.74) is 0. The van der Waals surface area contributed by atoms with Crippen LogP contribution in [-0.4, -0.2) is 55.6 Å². The normalized spacial score (nSPS) is 20.9. The zero-order chi connectivity index (χ0) is 12.3. The molecule has 0 saturated carbocycles. The van der Waals surface area contributed by atoms with Crippen molar-refractivity contribution in [3.8, 4) is 0 Å². The Morgan fingerprint density at radius 1 is 1.31 bits per heavy atom. The van der Waals surface area contributed by atoms with Gasteiger partial charge in [0, 0.05) is 13.1 Å². The lowest BCUT2D eigenvalue weighted by Gasteiger charge is -2.36. The van der Waals surface area contributed by atoms with Gasteiger partial charge >= 0.3 is 0 Å². The lowest BCUT2D eigenvalue weighted by atomic mass is 10.1. The predicted octanol–water partition coefficient (Wildman–Crippen LogP) is 1.14. The van der Waals surface area contributed by atoms with Gasteiger partial charge in [-0.15, -0.1) is 0 Å². The Morgan fingerprint density at radius 3 is 2.19 bits per heavy atom. The van der Waals surface area contributed by atoms with Gasteiger partial charge in [-0.1, -0.05) is 6.92 Å². The lowest BCUT2D eigenvalue weighted by molar-refractivity contribution is 0.176. The maximum absolute atomic E-state index is 12.0. The van der Waals surface area contributed by atoms with E-state index in [1.807, 2.05) is 0 Å². The fourth-order valence-electron chi connectivity index (χ4n) is 2.14. The molecule has 0 aromatic rings. The van der Waals surface area contributed by atoms with Crippen molar-refractivity contribution in [2.75, 3.05) is 26.7 Å². The van der Waals surface area contributed by atoms with Crippen molar-refractivity contribution in [3.05, 3.63) is 0 Å². The van der Waals surface area contributed by atoms with Crippen LogP contribution in [0.2, 0.25) is 0 Å². The number of hydrogen-bond donors (Lipinski definition) is 0. The Hall–Kier alpha value is -0.130. The molecule has 1 aliphatic heterocycles. The van der Waals surface area contributed by atoms with E-state index in [1.165, 1.54) is 0 Å². The minimum Gasteiger partial charge on any atom is -0.303 e. The molecule has 0 spiro atoms. The standard InChI is InChI=1S/C11H24N2O2S/c1-5-13-8-6-11(7-9-13)12(4)16(14,15)10(2)3/h10-11H,5-9H2,1-4H3. The van der Waals surface area contributed by atoms with E-state index in [9.17, 15) is 8.42 Å². The molecule has 0 aromatic carbocycles. The minimum atomic E-state index is -3.09. The van der Waals surface area contributed by atoms with Crippen LogP contribution in [-0.2, 0) is 10.0 Å². The van der Waals surface area contributed by atoms with Crippen LogP contribution in [0.4, 0.5) is 0 Å². The summed E-state index contributed by atoms with van der Waals surface area (Å²) in [5, 5.41) is -0.318. The molecular formula is C11H24N2O2S. The maximum Gasteiger partial charge on any atom is 0.216 e. The van der Waals surface area contributed by atoms with E-state index in [0.29, 0.717) is 0 Å². The summed E-state index contributed by atoms with van der Waals surface area (Å²) in [5.74, 6) is 0. The van der Waals surface area contributed by atoms with Crippen molar-refractivity contribution in [3.63, 3.8) is 0 Å². The topological polar surface area (TPSA) is 40.6 Å². The number of piperidine rings is 1. The summed E-state index contributed by atoms with van der Waals surface area (Å²) < 4.78 is 25.6. The first-order chi connectivity index (χ1) is 7.39. The molecule has 1 fully saturated rings. The van der Waals surface area contributed by atoms with Crippen LogP contribution in [0.3, 0.4) is 0 Å². The van der Waals surface area contributed by atoms with Gasteiger partial charge in [-0.2, -0.15) is 0 Å². The summed E-state index contributed by atoms with van der Waals surface area (Å²) in [7, 11) is -1.36. The van der Waals surface area contributed by atoms with E-state index in [4.69, 9.17) is 0 Å². The van der Waals surface area contributed by atoms with Crippen LogP contribution >= 0.6 is 0 Å². The second-order valence-corrected chi connectivity index (χ2v) is 7.32. The summed E-state index contributed by atoms with van der Waals surface area (Å²) in [6.45, 7) is 8.72. The van der Waals surface area contributed by atoms with Crippen LogP contribution in [0.25, 0.3) is 0 Å². The van der Waals surface area contributed by atoms with E-state index < -0.39 is 10.0 Å². The van der Waals surface area contributed by atoms with Gasteiger partial charge in [-0.3, -0.25) is 0 Å². The molecule has 0 bridgehead atoms. The number of sulfonamides is 1. The summed E-state index contributed by atoms with van der Waals surface area (Å²) in [6, 6.07) is 0.190. The van der Waals surface area contributed by atoms with Gasteiger partial charge in [-0.05, 0) is 46.3 Å². The third kappa shape index (κ3) is 2.96. The summed E-state index contributed by atoms with van der Waals surface area (Å²) in [4.78, 5) is 2.37. The van der Waals surface area contributed by atoms with E-state index in [-0.39, 0.29) is 11.3 Å². The molecule has 0 atom stereocenters. The summed E-state index contributed by atoms with van der Waals surface area (Å²) >= 11 is 0. The molecule has 4 nitrogen and oxygen atoms in total. The number of likely N-dealkylation sites (tertiary alicyclic amines) is 1. The zero-order valence-corrected chi connectivity index (χ0v) is 11.6. The van der Waals surface area contributed by atoms with Gasteiger partial charge in [0.05, 0.1) is 5.25 Å². The number of hydrogen-bond acceptors (Lipinski definition) is 3. The fourth-order valence-corrected chi connectivity index (χ4v) is 3.43. The van der Waals surface area contributed by atoms with Crippen molar-refractivity contribution in [2.45, 2.75) is 44.9 Å². The zero-order valence-electron chi connectivity index (χ0n) is 10.8. The minimum absolute atomic E-state index is 0.190. The molecule has 0 aromatic heterocycles. The van der Waals surface area contributed by atoms with E-state index in [0.717, 1.165) is 32.5 Å². The quantitative estimate of drug-likeness (QED) is 0.749. The molecule has 0 unspecified atom stereocenters. The van der Waals surface area contributed by atoms with Gasteiger partial charge < -0.3 is 4.90 Å². The molecule has 1 rings (SSSR count). The molecular weight excluding hydrogens is 224 g/mol. The largest absolute Gasteiger partial charge is 0.303 e. The highest BCUT2D eigenvalue weighted by Crippen LogP contribution is 2.19.